The van der Waals surface area contributed by atoms with Crippen molar-refractivity contribution in [2.45, 2.75) is 26.2 Å². The fourth-order valence-electron chi connectivity index (χ4n) is 1.98. The second-order valence-corrected chi connectivity index (χ2v) is 5.16. The zero-order valence-electron chi connectivity index (χ0n) is 11.2. The molecule has 0 aliphatic carbocycles. The lowest BCUT2D eigenvalue weighted by atomic mass is 10.1. The van der Waals surface area contributed by atoms with Gasteiger partial charge in [0.1, 0.15) is 5.82 Å². The van der Waals surface area contributed by atoms with Crippen molar-refractivity contribution in [3.8, 4) is 0 Å². The monoisotopic (exact) mass is 277 g/mol. The molecule has 0 saturated carbocycles. The van der Waals surface area contributed by atoms with Gasteiger partial charge in [-0.3, -0.25) is 0 Å². The molecule has 0 aliphatic rings. The van der Waals surface area contributed by atoms with Crippen LogP contribution in [0, 0.1) is 6.92 Å². The summed E-state index contributed by atoms with van der Waals surface area (Å²) in [5, 5.41) is 4.25. The molecule has 1 aromatic heterocycles. The Kier molecular flexibility index (Phi) is 5.43. The second kappa shape index (κ2) is 7.31. The van der Waals surface area contributed by atoms with E-state index in [1.807, 2.05) is 25.3 Å². The van der Waals surface area contributed by atoms with Gasteiger partial charge in [-0.1, -0.05) is 23.7 Å². The van der Waals surface area contributed by atoms with Gasteiger partial charge in [-0.2, -0.15) is 0 Å². The molecule has 2 aromatic rings. The fourth-order valence-corrected chi connectivity index (χ4v) is 2.11. The molecule has 4 heteroatoms. The Balaban J connectivity index is 1.56. The van der Waals surface area contributed by atoms with Gasteiger partial charge in [-0.25, -0.2) is 4.98 Å². The number of H-pyrrole nitrogens is 1. The van der Waals surface area contributed by atoms with Crippen LogP contribution >= 0.6 is 11.6 Å². The van der Waals surface area contributed by atoms with Gasteiger partial charge in [-0.05, 0) is 50.6 Å². The van der Waals surface area contributed by atoms with E-state index in [4.69, 9.17) is 11.6 Å². The van der Waals surface area contributed by atoms with Gasteiger partial charge >= 0.3 is 0 Å². The van der Waals surface area contributed by atoms with Crippen LogP contribution in [0.5, 0.6) is 0 Å². The van der Waals surface area contributed by atoms with Crippen LogP contribution in [0.25, 0.3) is 0 Å². The molecule has 3 nitrogen and oxygen atoms in total. The first kappa shape index (κ1) is 14.1. The quantitative estimate of drug-likeness (QED) is 0.764. The van der Waals surface area contributed by atoms with Crippen LogP contribution < -0.4 is 5.32 Å². The predicted molar refractivity (Wildman–Crippen MR) is 79.7 cm³/mol. The summed E-state index contributed by atoms with van der Waals surface area (Å²) in [4.78, 5) is 7.56. The number of benzene rings is 1. The minimum absolute atomic E-state index is 0.797. The van der Waals surface area contributed by atoms with Crippen molar-refractivity contribution in [2.24, 2.45) is 0 Å². The molecule has 0 atom stereocenters. The van der Waals surface area contributed by atoms with Gasteiger partial charge in [0.05, 0.1) is 5.69 Å². The van der Waals surface area contributed by atoms with Crippen molar-refractivity contribution in [1.82, 2.24) is 15.3 Å². The van der Waals surface area contributed by atoms with Crippen molar-refractivity contribution in [2.75, 3.05) is 13.1 Å². The van der Waals surface area contributed by atoms with Crippen LogP contribution in [0.3, 0.4) is 0 Å². The molecule has 0 aliphatic heterocycles. The lowest BCUT2D eigenvalue weighted by Crippen LogP contribution is -2.19. The number of rotatable bonds is 7. The lowest BCUT2D eigenvalue weighted by molar-refractivity contribution is 0.639. The van der Waals surface area contributed by atoms with E-state index in [9.17, 15) is 0 Å². The van der Waals surface area contributed by atoms with Crippen LogP contribution in [0.2, 0.25) is 5.02 Å². The summed E-state index contributed by atoms with van der Waals surface area (Å²) in [7, 11) is 0. The average Bonchev–Trinajstić information content (AvgIpc) is 2.81. The van der Waals surface area contributed by atoms with E-state index in [-0.39, 0.29) is 0 Å². The zero-order chi connectivity index (χ0) is 13.5. The number of nitrogens with one attached hydrogen (secondary N) is 2. The van der Waals surface area contributed by atoms with Crippen LogP contribution in [0.1, 0.15) is 23.5 Å². The molecule has 0 amide bonds. The van der Waals surface area contributed by atoms with E-state index in [1.165, 1.54) is 5.56 Å². The van der Waals surface area contributed by atoms with Crippen LogP contribution in [0.15, 0.2) is 30.5 Å². The van der Waals surface area contributed by atoms with E-state index in [0.717, 1.165) is 48.9 Å². The van der Waals surface area contributed by atoms with Gasteiger partial charge in [0.2, 0.25) is 0 Å². The van der Waals surface area contributed by atoms with Gasteiger partial charge in [0, 0.05) is 17.6 Å². The van der Waals surface area contributed by atoms with Gasteiger partial charge in [0.25, 0.3) is 0 Å². The molecule has 2 N–H and O–H groups in total. The number of aryl methyl sites for hydroxylation is 2. The third-order valence-electron chi connectivity index (χ3n) is 3.03. The smallest absolute Gasteiger partial charge is 0.106 e. The van der Waals surface area contributed by atoms with Gasteiger partial charge < -0.3 is 10.3 Å². The van der Waals surface area contributed by atoms with E-state index < -0.39 is 0 Å². The maximum Gasteiger partial charge on any atom is 0.106 e. The second-order valence-electron chi connectivity index (χ2n) is 4.72. The molecular formula is C15H20ClN3. The van der Waals surface area contributed by atoms with E-state index >= 15 is 0 Å². The highest BCUT2D eigenvalue weighted by molar-refractivity contribution is 6.30. The Morgan fingerprint density at radius 1 is 1.16 bits per heavy atom. The summed E-state index contributed by atoms with van der Waals surface area (Å²) in [5.74, 6) is 1.08. The molecule has 102 valence electrons. The highest BCUT2D eigenvalue weighted by Crippen LogP contribution is 2.09. The third kappa shape index (κ3) is 5.05. The standard InChI is InChI=1S/C15H20ClN3/c1-12-11-18-15(19-12)3-2-9-17-10-8-13-4-6-14(16)7-5-13/h4-7,11,17H,2-3,8-10H2,1H3,(H,18,19). The van der Waals surface area contributed by atoms with Crippen LogP contribution in [0.4, 0.5) is 0 Å². The Hall–Kier alpha value is -1.32. The maximum absolute atomic E-state index is 5.85. The number of aromatic nitrogens is 2. The molecule has 2 rings (SSSR count). The van der Waals surface area contributed by atoms with Gasteiger partial charge in [0.15, 0.2) is 0 Å². The Labute approximate surface area is 119 Å². The van der Waals surface area contributed by atoms with Crippen molar-refractivity contribution in [3.63, 3.8) is 0 Å². The first-order chi connectivity index (χ1) is 9.24. The van der Waals surface area contributed by atoms with Crippen LogP contribution in [-0.2, 0) is 12.8 Å². The number of halogens is 1. The van der Waals surface area contributed by atoms with Crippen molar-refractivity contribution in [3.05, 3.63) is 52.6 Å². The minimum atomic E-state index is 0.797. The summed E-state index contributed by atoms with van der Waals surface area (Å²) in [6.07, 6.45) is 5.09. The highest BCUT2D eigenvalue weighted by atomic mass is 35.5. The lowest BCUT2D eigenvalue weighted by Gasteiger charge is -2.04. The normalized spacial score (nSPS) is 10.8. The Bertz CT molecular complexity index is 490. The van der Waals surface area contributed by atoms with Crippen molar-refractivity contribution in [1.29, 1.82) is 0 Å². The Morgan fingerprint density at radius 2 is 1.95 bits per heavy atom. The number of imidazole rings is 1. The maximum atomic E-state index is 5.85. The largest absolute Gasteiger partial charge is 0.348 e. The molecule has 0 radical (unpaired) electrons. The summed E-state index contributed by atoms with van der Waals surface area (Å²) in [6.45, 7) is 4.02. The topological polar surface area (TPSA) is 40.7 Å². The highest BCUT2D eigenvalue weighted by Gasteiger charge is 1.97. The molecule has 0 bridgehead atoms. The molecular weight excluding hydrogens is 258 g/mol. The number of hydrogen-bond donors (Lipinski definition) is 2. The molecule has 0 spiro atoms. The first-order valence-corrected chi connectivity index (χ1v) is 7.08. The summed E-state index contributed by atoms with van der Waals surface area (Å²) in [5.41, 5.74) is 2.38. The summed E-state index contributed by atoms with van der Waals surface area (Å²) >= 11 is 5.85. The zero-order valence-corrected chi connectivity index (χ0v) is 12.0. The number of aromatic amines is 1. The van der Waals surface area contributed by atoms with E-state index in [2.05, 4.69) is 27.4 Å². The summed E-state index contributed by atoms with van der Waals surface area (Å²) in [6, 6.07) is 8.04. The third-order valence-corrected chi connectivity index (χ3v) is 3.28. The fraction of sp³-hybridized carbons (Fsp3) is 0.400. The van der Waals surface area contributed by atoms with Gasteiger partial charge in [-0.15, -0.1) is 0 Å². The molecule has 0 fully saturated rings. The first-order valence-electron chi connectivity index (χ1n) is 6.70. The van der Waals surface area contributed by atoms with Crippen molar-refractivity contribution >= 4 is 11.6 Å². The predicted octanol–water partition coefficient (Wildman–Crippen LogP) is 3.14. The summed E-state index contributed by atoms with van der Waals surface area (Å²) < 4.78 is 0. The molecule has 0 unspecified atom stereocenters. The number of nitrogens with zero attached hydrogens (tertiary/aromatic N) is 1. The van der Waals surface area contributed by atoms with E-state index in [0.29, 0.717) is 0 Å². The average molecular weight is 278 g/mol. The van der Waals surface area contributed by atoms with E-state index in [1.54, 1.807) is 0 Å². The minimum Gasteiger partial charge on any atom is -0.348 e. The van der Waals surface area contributed by atoms with Crippen molar-refractivity contribution < 1.29 is 0 Å². The molecule has 1 aromatic carbocycles. The molecule has 19 heavy (non-hydrogen) atoms. The number of hydrogen-bond acceptors (Lipinski definition) is 2. The SMILES string of the molecule is Cc1c[nH]c(CCCNCCc2ccc(Cl)cc2)n1. The molecule has 0 saturated heterocycles. The Morgan fingerprint density at radius 3 is 2.63 bits per heavy atom. The molecule has 1 heterocycles. The van der Waals surface area contributed by atoms with Crippen LogP contribution in [-0.4, -0.2) is 23.1 Å².